The summed E-state index contributed by atoms with van der Waals surface area (Å²) in [5, 5.41) is 16.4. The second-order valence-corrected chi connectivity index (χ2v) is 5.51. The molecule has 3 heterocycles. The van der Waals surface area contributed by atoms with Gasteiger partial charge in [-0.2, -0.15) is 0 Å². The lowest BCUT2D eigenvalue weighted by atomic mass is 9.96. The van der Waals surface area contributed by atoms with Gasteiger partial charge in [0.1, 0.15) is 0 Å². The van der Waals surface area contributed by atoms with Crippen molar-refractivity contribution in [3.63, 3.8) is 0 Å². The van der Waals surface area contributed by atoms with Crippen LogP contribution < -0.4 is 5.32 Å². The molecule has 0 bridgehead atoms. The topological polar surface area (TPSA) is 78.0 Å². The molecule has 0 spiro atoms. The molecule has 4 aromatic rings. The minimum absolute atomic E-state index is 0.247. The number of nitrogens with one attached hydrogen (secondary N) is 2. The van der Waals surface area contributed by atoms with Crippen LogP contribution in [0.5, 0.6) is 0 Å². The van der Waals surface area contributed by atoms with E-state index < -0.39 is 6.23 Å². The van der Waals surface area contributed by atoms with E-state index in [4.69, 9.17) is 0 Å². The van der Waals surface area contributed by atoms with Gasteiger partial charge in [0.05, 0.1) is 11.1 Å². The van der Waals surface area contributed by atoms with E-state index in [1.165, 1.54) is 0 Å². The number of aromatic amines is 1. The summed E-state index contributed by atoms with van der Waals surface area (Å²) in [6.07, 6.45) is 2.42. The second-order valence-electron chi connectivity index (χ2n) is 5.51. The fraction of sp³-hybridized carbons (Fsp3) is 0.0588. The van der Waals surface area contributed by atoms with Crippen LogP contribution in [0.3, 0.4) is 0 Å². The number of para-hydroxylation sites is 1. The van der Waals surface area contributed by atoms with Gasteiger partial charge in [-0.05, 0) is 12.1 Å². The van der Waals surface area contributed by atoms with Crippen molar-refractivity contribution in [2.75, 3.05) is 0 Å². The molecule has 106 valence electrons. The smallest absolute Gasteiger partial charge is 0.254 e. The number of rotatable bonds is 0. The molecule has 1 aliphatic heterocycles. The normalized spacial score (nSPS) is 17.3. The highest BCUT2D eigenvalue weighted by Gasteiger charge is 2.33. The quantitative estimate of drug-likeness (QED) is 0.465. The van der Waals surface area contributed by atoms with Gasteiger partial charge in [-0.25, -0.2) is 0 Å². The number of benzene rings is 2. The van der Waals surface area contributed by atoms with Crippen molar-refractivity contribution in [1.29, 1.82) is 0 Å². The average Bonchev–Trinajstić information content (AvgIpc) is 3.05. The molecule has 2 aromatic carbocycles. The molecule has 0 unspecified atom stereocenters. The van der Waals surface area contributed by atoms with Crippen LogP contribution in [0.1, 0.15) is 22.1 Å². The Kier molecular flexibility index (Phi) is 2.04. The molecule has 0 aliphatic carbocycles. The molecular weight excluding hydrogens is 278 g/mol. The number of amides is 1. The molecule has 0 radical (unpaired) electrons. The van der Waals surface area contributed by atoms with Crippen molar-refractivity contribution in [3.05, 3.63) is 53.9 Å². The van der Waals surface area contributed by atoms with Gasteiger partial charge in [0, 0.05) is 45.0 Å². The molecule has 22 heavy (non-hydrogen) atoms. The molecule has 0 saturated carbocycles. The van der Waals surface area contributed by atoms with Crippen LogP contribution in [0.4, 0.5) is 0 Å². The third kappa shape index (κ3) is 1.27. The van der Waals surface area contributed by atoms with Crippen LogP contribution in [0.2, 0.25) is 0 Å². The standard InChI is InChI=1S/C17H11N3O2/c21-16-13-10-7-18-6-5-8(10)15-12(14(13)17(22)20-16)9-3-1-2-4-11(9)19-15/h1-7,16,19,21H,(H,20,22)/t16-/m1/s1. The Labute approximate surface area is 124 Å². The Morgan fingerprint density at radius 1 is 1.09 bits per heavy atom. The van der Waals surface area contributed by atoms with Crippen molar-refractivity contribution < 1.29 is 9.90 Å². The van der Waals surface area contributed by atoms with Crippen molar-refractivity contribution in [2.45, 2.75) is 6.23 Å². The van der Waals surface area contributed by atoms with Gasteiger partial charge < -0.3 is 15.4 Å². The van der Waals surface area contributed by atoms with Crippen LogP contribution >= 0.6 is 0 Å². The number of H-pyrrole nitrogens is 1. The largest absolute Gasteiger partial charge is 0.369 e. The van der Waals surface area contributed by atoms with Gasteiger partial charge in [0.2, 0.25) is 0 Å². The summed E-state index contributed by atoms with van der Waals surface area (Å²) in [4.78, 5) is 19.9. The molecule has 5 rings (SSSR count). The molecule has 1 aliphatic rings. The van der Waals surface area contributed by atoms with Crippen LogP contribution in [-0.4, -0.2) is 21.0 Å². The first-order valence-corrected chi connectivity index (χ1v) is 7.04. The fourth-order valence-corrected chi connectivity index (χ4v) is 3.49. The number of pyridine rings is 1. The zero-order chi connectivity index (χ0) is 14.8. The van der Waals surface area contributed by atoms with E-state index in [9.17, 15) is 9.90 Å². The van der Waals surface area contributed by atoms with E-state index in [-0.39, 0.29) is 5.91 Å². The Balaban J connectivity index is 2.17. The molecule has 1 atom stereocenters. The number of aliphatic hydroxyl groups is 1. The fourth-order valence-electron chi connectivity index (χ4n) is 3.49. The first kappa shape index (κ1) is 11.7. The molecule has 0 fully saturated rings. The predicted molar refractivity (Wildman–Crippen MR) is 83.5 cm³/mol. The summed E-state index contributed by atoms with van der Waals surface area (Å²) in [5.41, 5.74) is 3.03. The van der Waals surface area contributed by atoms with Gasteiger partial charge in [-0.3, -0.25) is 9.78 Å². The number of carbonyl (C=O) groups excluding carboxylic acids is 1. The van der Waals surface area contributed by atoms with Crippen LogP contribution in [-0.2, 0) is 0 Å². The molecule has 3 N–H and O–H groups in total. The van der Waals surface area contributed by atoms with Gasteiger partial charge in [-0.15, -0.1) is 0 Å². The van der Waals surface area contributed by atoms with Crippen molar-refractivity contribution in [1.82, 2.24) is 15.3 Å². The number of aliphatic hydroxyl groups excluding tert-OH is 1. The van der Waals surface area contributed by atoms with Crippen LogP contribution in [0.15, 0.2) is 42.7 Å². The number of hydrogen-bond donors (Lipinski definition) is 3. The maximum Gasteiger partial charge on any atom is 0.254 e. The summed E-state index contributed by atoms with van der Waals surface area (Å²) in [7, 11) is 0. The molecule has 5 nitrogen and oxygen atoms in total. The molecule has 2 aromatic heterocycles. The molecular formula is C17H11N3O2. The lowest BCUT2D eigenvalue weighted by molar-refractivity contribution is 0.0852. The third-order valence-corrected chi connectivity index (χ3v) is 4.37. The highest BCUT2D eigenvalue weighted by atomic mass is 16.3. The van der Waals surface area contributed by atoms with E-state index >= 15 is 0 Å². The van der Waals surface area contributed by atoms with Gasteiger partial charge in [-0.1, -0.05) is 18.2 Å². The first-order valence-electron chi connectivity index (χ1n) is 7.04. The maximum absolute atomic E-state index is 12.4. The molecule has 5 heteroatoms. The van der Waals surface area contributed by atoms with E-state index in [0.717, 1.165) is 32.6 Å². The zero-order valence-electron chi connectivity index (χ0n) is 11.4. The maximum atomic E-state index is 12.4. The average molecular weight is 289 g/mol. The van der Waals surface area contributed by atoms with Gasteiger partial charge >= 0.3 is 0 Å². The second kappa shape index (κ2) is 3.84. The van der Waals surface area contributed by atoms with Crippen molar-refractivity contribution in [2.24, 2.45) is 0 Å². The van der Waals surface area contributed by atoms with E-state index in [0.29, 0.717) is 11.1 Å². The van der Waals surface area contributed by atoms with E-state index in [1.54, 1.807) is 12.4 Å². The number of aromatic nitrogens is 2. The first-order chi connectivity index (χ1) is 10.8. The summed E-state index contributed by atoms with van der Waals surface area (Å²) < 4.78 is 0. The van der Waals surface area contributed by atoms with E-state index in [2.05, 4.69) is 15.3 Å². The number of hydrogen-bond acceptors (Lipinski definition) is 3. The highest BCUT2D eigenvalue weighted by molar-refractivity contribution is 6.27. The Hall–Kier alpha value is -2.92. The summed E-state index contributed by atoms with van der Waals surface area (Å²) >= 11 is 0. The van der Waals surface area contributed by atoms with Crippen LogP contribution in [0.25, 0.3) is 32.6 Å². The number of nitrogens with zero attached hydrogens (tertiary/aromatic N) is 1. The van der Waals surface area contributed by atoms with Gasteiger partial charge in [0.15, 0.2) is 6.23 Å². The minimum Gasteiger partial charge on any atom is -0.369 e. The number of fused-ring (bicyclic) bond motifs is 8. The Bertz CT molecular complexity index is 1100. The lowest BCUT2D eigenvalue weighted by Crippen LogP contribution is -2.18. The SMILES string of the molecule is O=C1N[C@H](O)c2c1c1c3ccccc3[nH]c1c1ccncc21. The Morgan fingerprint density at radius 3 is 2.86 bits per heavy atom. The molecule has 0 saturated heterocycles. The highest BCUT2D eigenvalue weighted by Crippen LogP contribution is 2.41. The predicted octanol–water partition coefficient (Wildman–Crippen LogP) is 2.60. The van der Waals surface area contributed by atoms with E-state index in [1.807, 2.05) is 30.3 Å². The molecule has 1 amide bonds. The third-order valence-electron chi connectivity index (χ3n) is 4.37. The van der Waals surface area contributed by atoms with Crippen molar-refractivity contribution >= 4 is 38.5 Å². The minimum atomic E-state index is -0.993. The van der Waals surface area contributed by atoms with Crippen LogP contribution in [0, 0.1) is 0 Å². The summed E-state index contributed by atoms with van der Waals surface area (Å²) in [6, 6.07) is 9.78. The van der Waals surface area contributed by atoms with Gasteiger partial charge in [0.25, 0.3) is 5.91 Å². The lowest BCUT2D eigenvalue weighted by Gasteiger charge is -2.08. The van der Waals surface area contributed by atoms with Crippen molar-refractivity contribution in [3.8, 4) is 0 Å². The summed E-state index contributed by atoms with van der Waals surface area (Å²) in [5.74, 6) is -0.247. The monoisotopic (exact) mass is 289 g/mol. The Morgan fingerprint density at radius 2 is 1.95 bits per heavy atom. The zero-order valence-corrected chi connectivity index (χ0v) is 11.4. The summed E-state index contributed by atoms with van der Waals surface area (Å²) in [6.45, 7) is 0. The number of carbonyl (C=O) groups is 1.